The molecule has 1 unspecified atom stereocenters. The highest BCUT2D eigenvalue weighted by Gasteiger charge is 2.47. The lowest BCUT2D eigenvalue weighted by molar-refractivity contribution is -0.126. The van der Waals surface area contributed by atoms with Gasteiger partial charge in [-0.15, -0.1) is 0 Å². The van der Waals surface area contributed by atoms with Gasteiger partial charge in [-0.05, 0) is 31.4 Å². The summed E-state index contributed by atoms with van der Waals surface area (Å²) >= 11 is 0. The molecular weight excluding hydrogens is 230 g/mol. The number of carbonyl (C=O) groups is 2. The van der Waals surface area contributed by atoms with Crippen LogP contribution in [0.2, 0.25) is 0 Å². The van der Waals surface area contributed by atoms with Crippen molar-refractivity contribution in [3.05, 3.63) is 30.1 Å². The number of amides is 3. The van der Waals surface area contributed by atoms with E-state index in [0.29, 0.717) is 19.4 Å². The lowest BCUT2D eigenvalue weighted by Gasteiger charge is -2.30. The summed E-state index contributed by atoms with van der Waals surface area (Å²) in [5, 5.41) is 2.38. The number of aromatic nitrogens is 1. The monoisotopic (exact) mass is 247 g/mol. The molecule has 1 fully saturated rings. The fourth-order valence-corrected chi connectivity index (χ4v) is 2.13. The van der Waals surface area contributed by atoms with E-state index in [-0.39, 0.29) is 11.9 Å². The van der Waals surface area contributed by atoms with E-state index in [2.05, 4.69) is 10.3 Å². The highest BCUT2D eigenvalue weighted by molar-refractivity contribution is 6.06. The predicted molar refractivity (Wildman–Crippen MR) is 66.9 cm³/mol. The molecule has 1 saturated heterocycles. The Balaban J connectivity index is 2.08. The van der Waals surface area contributed by atoms with Gasteiger partial charge in [-0.25, -0.2) is 4.79 Å². The number of hydrogen-bond acceptors (Lipinski definition) is 3. The first-order chi connectivity index (χ1) is 8.58. The van der Waals surface area contributed by atoms with Crippen molar-refractivity contribution in [3.63, 3.8) is 0 Å². The van der Waals surface area contributed by atoms with Crippen LogP contribution in [0.3, 0.4) is 0 Å². The second-order valence-corrected chi connectivity index (χ2v) is 4.65. The van der Waals surface area contributed by atoms with Crippen molar-refractivity contribution >= 4 is 11.9 Å². The fraction of sp³-hybridized carbons (Fsp3) is 0.462. The summed E-state index contributed by atoms with van der Waals surface area (Å²) in [6.07, 6.45) is 4.80. The average molecular weight is 247 g/mol. The van der Waals surface area contributed by atoms with E-state index in [9.17, 15) is 9.59 Å². The molecule has 5 heteroatoms. The summed E-state index contributed by atoms with van der Waals surface area (Å²) in [5.74, 6) is -0.207. The van der Waals surface area contributed by atoms with Gasteiger partial charge in [0.25, 0.3) is 5.91 Å². The molecule has 1 atom stereocenters. The van der Waals surface area contributed by atoms with E-state index >= 15 is 0 Å². The van der Waals surface area contributed by atoms with Gasteiger partial charge >= 0.3 is 6.03 Å². The van der Waals surface area contributed by atoms with Crippen LogP contribution in [0.5, 0.6) is 0 Å². The molecule has 3 amide bonds. The van der Waals surface area contributed by atoms with Gasteiger partial charge in [0.1, 0.15) is 5.54 Å². The maximum atomic E-state index is 11.8. The Labute approximate surface area is 106 Å². The van der Waals surface area contributed by atoms with Crippen molar-refractivity contribution in [2.75, 3.05) is 6.54 Å². The smallest absolute Gasteiger partial charge is 0.310 e. The summed E-state index contributed by atoms with van der Waals surface area (Å²) < 4.78 is 0. The van der Waals surface area contributed by atoms with E-state index in [4.69, 9.17) is 0 Å². The molecule has 1 aromatic heterocycles. The van der Waals surface area contributed by atoms with Crippen LogP contribution in [0.15, 0.2) is 24.5 Å². The minimum absolute atomic E-state index is 0.207. The largest absolute Gasteiger partial charge is 0.325 e. The Hall–Kier alpha value is -1.91. The second kappa shape index (κ2) is 4.76. The zero-order valence-electron chi connectivity index (χ0n) is 10.6. The van der Waals surface area contributed by atoms with Gasteiger partial charge in [-0.3, -0.25) is 15.1 Å². The molecule has 1 aromatic rings. The Bertz CT molecular complexity index is 461. The number of rotatable bonds is 4. The number of carbonyl (C=O) groups excluding carboxylic acids is 2. The SMILES string of the molecule is CCC1(C)C(=O)NC(=O)N1CCc1cccnc1. The minimum atomic E-state index is -0.723. The van der Waals surface area contributed by atoms with Crippen LogP contribution < -0.4 is 5.32 Å². The first kappa shape index (κ1) is 12.5. The van der Waals surface area contributed by atoms with Crippen molar-refractivity contribution in [1.82, 2.24) is 15.2 Å². The molecule has 96 valence electrons. The van der Waals surface area contributed by atoms with Gasteiger partial charge in [-0.1, -0.05) is 13.0 Å². The predicted octanol–water partition coefficient (Wildman–Crippen LogP) is 1.34. The molecular formula is C13H17N3O2. The lowest BCUT2D eigenvalue weighted by Crippen LogP contribution is -2.47. The molecule has 0 bridgehead atoms. The third-order valence-corrected chi connectivity index (χ3v) is 3.59. The number of nitrogens with one attached hydrogen (secondary N) is 1. The summed E-state index contributed by atoms with van der Waals surface area (Å²) in [6, 6.07) is 3.53. The van der Waals surface area contributed by atoms with Gasteiger partial charge in [0, 0.05) is 18.9 Å². The first-order valence-electron chi connectivity index (χ1n) is 6.10. The molecule has 0 aliphatic carbocycles. The number of hydrogen-bond donors (Lipinski definition) is 1. The van der Waals surface area contributed by atoms with Crippen LogP contribution in [0, 0.1) is 0 Å². The van der Waals surface area contributed by atoms with E-state index in [1.165, 1.54) is 0 Å². The Morgan fingerprint density at radius 1 is 1.44 bits per heavy atom. The van der Waals surface area contributed by atoms with Gasteiger partial charge in [0.2, 0.25) is 0 Å². The van der Waals surface area contributed by atoms with Crippen molar-refractivity contribution in [2.24, 2.45) is 0 Å². The molecule has 5 nitrogen and oxygen atoms in total. The molecule has 0 radical (unpaired) electrons. The standard InChI is InChI=1S/C13H17N3O2/c1-3-13(2)11(17)15-12(18)16(13)8-6-10-5-4-7-14-9-10/h4-5,7,9H,3,6,8H2,1-2H3,(H,15,17,18). The van der Waals surface area contributed by atoms with Crippen molar-refractivity contribution in [1.29, 1.82) is 0 Å². The Kier molecular flexibility index (Phi) is 3.32. The summed E-state index contributed by atoms with van der Waals surface area (Å²) in [7, 11) is 0. The molecule has 0 spiro atoms. The molecule has 2 rings (SSSR count). The highest BCUT2D eigenvalue weighted by atomic mass is 16.2. The molecule has 0 aromatic carbocycles. The van der Waals surface area contributed by atoms with Crippen LogP contribution in [0.4, 0.5) is 4.79 Å². The first-order valence-corrected chi connectivity index (χ1v) is 6.10. The highest BCUT2D eigenvalue weighted by Crippen LogP contribution is 2.25. The Morgan fingerprint density at radius 2 is 2.22 bits per heavy atom. The van der Waals surface area contributed by atoms with E-state index in [1.54, 1.807) is 24.2 Å². The molecule has 2 heterocycles. The van der Waals surface area contributed by atoms with Crippen molar-refractivity contribution < 1.29 is 9.59 Å². The summed E-state index contributed by atoms with van der Waals surface area (Å²) in [6.45, 7) is 4.24. The fourth-order valence-electron chi connectivity index (χ4n) is 2.13. The minimum Gasteiger partial charge on any atom is -0.310 e. The third kappa shape index (κ3) is 2.08. The van der Waals surface area contributed by atoms with Crippen molar-refractivity contribution in [2.45, 2.75) is 32.2 Å². The van der Waals surface area contributed by atoms with Gasteiger partial charge in [0.05, 0.1) is 0 Å². The summed E-state index contributed by atoms with van der Waals surface area (Å²) in [4.78, 5) is 29.2. The lowest BCUT2D eigenvalue weighted by atomic mass is 9.97. The molecule has 1 aliphatic rings. The second-order valence-electron chi connectivity index (χ2n) is 4.65. The maximum absolute atomic E-state index is 11.8. The van der Waals surface area contributed by atoms with Crippen LogP contribution in [0.1, 0.15) is 25.8 Å². The van der Waals surface area contributed by atoms with Crippen LogP contribution in [-0.4, -0.2) is 33.9 Å². The normalized spacial score (nSPS) is 23.3. The zero-order valence-corrected chi connectivity index (χ0v) is 10.6. The van der Waals surface area contributed by atoms with Gasteiger partial charge in [0.15, 0.2) is 0 Å². The summed E-state index contributed by atoms with van der Waals surface area (Å²) in [5.41, 5.74) is 0.336. The van der Waals surface area contributed by atoms with Crippen LogP contribution >= 0.6 is 0 Å². The van der Waals surface area contributed by atoms with Crippen molar-refractivity contribution in [3.8, 4) is 0 Å². The van der Waals surface area contributed by atoms with Gasteiger partial charge < -0.3 is 4.90 Å². The zero-order chi connectivity index (χ0) is 13.2. The number of imide groups is 1. The molecule has 18 heavy (non-hydrogen) atoms. The quantitative estimate of drug-likeness (QED) is 0.817. The Morgan fingerprint density at radius 3 is 2.83 bits per heavy atom. The van der Waals surface area contributed by atoms with E-state index in [0.717, 1.165) is 5.56 Å². The van der Waals surface area contributed by atoms with Crippen LogP contribution in [0.25, 0.3) is 0 Å². The van der Waals surface area contributed by atoms with Crippen LogP contribution in [-0.2, 0) is 11.2 Å². The van der Waals surface area contributed by atoms with Gasteiger partial charge in [-0.2, -0.15) is 0 Å². The molecule has 0 saturated carbocycles. The number of nitrogens with zero attached hydrogens (tertiary/aromatic N) is 2. The molecule has 1 N–H and O–H groups in total. The average Bonchev–Trinajstić information content (AvgIpc) is 2.60. The van der Waals surface area contributed by atoms with E-state index in [1.807, 2.05) is 19.1 Å². The van der Waals surface area contributed by atoms with E-state index < -0.39 is 5.54 Å². The maximum Gasteiger partial charge on any atom is 0.325 e. The topological polar surface area (TPSA) is 62.3 Å². The number of urea groups is 1. The third-order valence-electron chi connectivity index (χ3n) is 3.59. The molecule has 1 aliphatic heterocycles. The number of pyridine rings is 1.